The molecule has 0 amide bonds. The molecule has 9 heteroatoms. The van der Waals surface area contributed by atoms with Gasteiger partial charge < -0.3 is 9.15 Å². The first-order chi connectivity index (χ1) is 11.1. The van der Waals surface area contributed by atoms with Crippen LogP contribution in [0.4, 0.5) is 8.78 Å². The van der Waals surface area contributed by atoms with Gasteiger partial charge in [-0.15, -0.1) is 10.2 Å². The molecule has 7 nitrogen and oxygen atoms in total. The molecule has 0 bridgehead atoms. The first kappa shape index (κ1) is 14.9. The minimum atomic E-state index is -1.33. The molecular formula is C14H11F2N5O2. The summed E-state index contributed by atoms with van der Waals surface area (Å²) in [5.74, 6) is -0.717. The fourth-order valence-electron chi connectivity index (χ4n) is 1.70. The molecule has 0 aliphatic rings. The normalized spacial score (nSPS) is 12.1. The van der Waals surface area contributed by atoms with Gasteiger partial charge in [-0.25, -0.2) is 9.37 Å². The summed E-state index contributed by atoms with van der Waals surface area (Å²) in [6.45, 7) is 1.34. The largest absolute Gasteiger partial charge is 0.469 e. The third kappa shape index (κ3) is 3.44. The van der Waals surface area contributed by atoms with E-state index in [2.05, 4.69) is 25.1 Å². The van der Waals surface area contributed by atoms with Gasteiger partial charge in [0.2, 0.25) is 11.7 Å². The molecule has 0 saturated carbocycles. The molecule has 0 fully saturated rings. The molecule has 0 spiro atoms. The van der Waals surface area contributed by atoms with E-state index in [9.17, 15) is 8.78 Å². The average Bonchev–Trinajstić information content (AvgIpc) is 3.05. The van der Waals surface area contributed by atoms with E-state index >= 15 is 0 Å². The van der Waals surface area contributed by atoms with E-state index in [4.69, 9.17) is 9.15 Å². The summed E-state index contributed by atoms with van der Waals surface area (Å²) in [7, 11) is 0. The molecule has 0 saturated heterocycles. The Morgan fingerprint density at radius 2 is 2.09 bits per heavy atom. The van der Waals surface area contributed by atoms with Gasteiger partial charge in [-0.1, -0.05) is 0 Å². The second-order valence-corrected chi connectivity index (χ2v) is 4.56. The zero-order valence-corrected chi connectivity index (χ0v) is 12.0. The van der Waals surface area contributed by atoms with Crippen molar-refractivity contribution < 1.29 is 17.9 Å². The van der Waals surface area contributed by atoms with Crippen LogP contribution >= 0.6 is 0 Å². The van der Waals surface area contributed by atoms with Gasteiger partial charge in [0.05, 0.1) is 17.5 Å². The fraction of sp³-hybridized carbons (Fsp3) is 0.214. The maximum Gasteiger partial charge on any atom is 0.253 e. The van der Waals surface area contributed by atoms with E-state index in [0.29, 0.717) is 11.3 Å². The van der Waals surface area contributed by atoms with Gasteiger partial charge in [-0.2, -0.15) is 9.37 Å². The van der Waals surface area contributed by atoms with Crippen molar-refractivity contribution in [3.63, 3.8) is 0 Å². The minimum absolute atomic E-state index is 0.0326. The van der Waals surface area contributed by atoms with Crippen LogP contribution in [0.25, 0.3) is 11.5 Å². The van der Waals surface area contributed by atoms with Gasteiger partial charge in [0.25, 0.3) is 11.8 Å². The van der Waals surface area contributed by atoms with Gasteiger partial charge in [-0.3, -0.25) is 4.98 Å². The van der Waals surface area contributed by atoms with Gasteiger partial charge in [0, 0.05) is 6.20 Å². The number of rotatable bonds is 5. The van der Waals surface area contributed by atoms with Crippen molar-refractivity contribution in [3.05, 3.63) is 48.3 Å². The van der Waals surface area contributed by atoms with Crippen molar-refractivity contribution in [1.29, 1.82) is 0 Å². The summed E-state index contributed by atoms with van der Waals surface area (Å²) in [5, 5.41) is 7.35. The summed E-state index contributed by atoms with van der Waals surface area (Å²) in [6, 6.07) is 3.32. The molecule has 3 aromatic heterocycles. The van der Waals surface area contributed by atoms with Gasteiger partial charge in [0.15, 0.2) is 6.17 Å². The molecule has 0 radical (unpaired) electrons. The lowest BCUT2D eigenvalue weighted by Crippen LogP contribution is -2.01. The lowest BCUT2D eigenvalue weighted by molar-refractivity contribution is 0.272. The predicted octanol–water partition coefficient (Wildman–Crippen LogP) is 2.67. The lowest BCUT2D eigenvalue weighted by Gasteiger charge is -2.05. The van der Waals surface area contributed by atoms with Crippen LogP contribution in [0.15, 0.2) is 35.3 Å². The van der Waals surface area contributed by atoms with E-state index in [1.807, 2.05) is 0 Å². The molecule has 1 atom stereocenters. The maximum absolute atomic E-state index is 13.3. The Bertz CT molecular complexity index is 792. The van der Waals surface area contributed by atoms with E-state index < -0.39 is 12.0 Å². The van der Waals surface area contributed by atoms with Crippen molar-refractivity contribution in [2.45, 2.75) is 19.7 Å². The summed E-state index contributed by atoms with van der Waals surface area (Å²) in [6.07, 6.45) is 2.35. The number of alkyl halides is 1. The molecule has 118 valence electrons. The Kier molecular flexibility index (Phi) is 4.18. The molecular weight excluding hydrogens is 308 g/mol. The fourth-order valence-corrected chi connectivity index (χ4v) is 1.70. The number of aromatic nitrogens is 5. The third-order valence-electron chi connectivity index (χ3n) is 2.84. The molecule has 23 heavy (non-hydrogen) atoms. The van der Waals surface area contributed by atoms with Crippen LogP contribution in [-0.4, -0.2) is 25.1 Å². The Labute approximate surface area is 129 Å². The van der Waals surface area contributed by atoms with Crippen LogP contribution in [0.3, 0.4) is 0 Å². The average molecular weight is 319 g/mol. The first-order valence-electron chi connectivity index (χ1n) is 6.64. The van der Waals surface area contributed by atoms with E-state index in [1.165, 1.54) is 19.4 Å². The monoisotopic (exact) mass is 319 g/mol. The van der Waals surface area contributed by atoms with Gasteiger partial charge in [0.1, 0.15) is 12.9 Å². The number of ether oxygens (including phenoxy) is 1. The number of hydrogen-bond acceptors (Lipinski definition) is 7. The predicted molar refractivity (Wildman–Crippen MR) is 73.4 cm³/mol. The Hall–Kier alpha value is -2.97. The van der Waals surface area contributed by atoms with Crippen LogP contribution < -0.4 is 4.74 Å². The molecule has 0 aliphatic carbocycles. The van der Waals surface area contributed by atoms with Gasteiger partial charge in [-0.05, 0) is 19.1 Å². The molecule has 0 N–H and O–H groups in total. The van der Waals surface area contributed by atoms with Crippen LogP contribution in [-0.2, 0) is 6.61 Å². The molecule has 0 aromatic carbocycles. The summed E-state index contributed by atoms with van der Waals surface area (Å²) >= 11 is 0. The van der Waals surface area contributed by atoms with Crippen molar-refractivity contribution in [3.8, 4) is 17.3 Å². The third-order valence-corrected chi connectivity index (χ3v) is 2.84. The Morgan fingerprint density at radius 3 is 2.74 bits per heavy atom. The van der Waals surface area contributed by atoms with E-state index in [1.54, 1.807) is 12.1 Å². The Balaban J connectivity index is 1.68. The van der Waals surface area contributed by atoms with Crippen molar-refractivity contribution in [2.24, 2.45) is 0 Å². The smallest absolute Gasteiger partial charge is 0.253 e. The zero-order valence-electron chi connectivity index (χ0n) is 12.0. The highest BCUT2D eigenvalue weighted by molar-refractivity contribution is 5.50. The summed E-state index contributed by atoms with van der Waals surface area (Å²) in [4.78, 5) is 11.3. The van der Waals surface area contributed by atoms with Crippen LogP contribution in [0.5, 0.6) is 5.88 Å². The van der Waals surface area contributed by atoms with Crippen LogP contribution in [0, 0.1) is 5.82 Å². The van der Waals surface area contributed by atoms with Crippen LogP contribution in [0.1, 0.15) is 24.7 Å². The molecule has 3 heterocycles. The number of nitrogens with zero attached hydrogens (tertiary/aromatic N) is 5. The highest BCUT2D eigenvalue weighted by Crippen LogP contribution is 2.21. The molecule has 0 aliphatic heterocycles. The maximum atomic E-state index is 13.3. The summed E-state index contributed by atoms with van der Waals surface area (Å²) in [5.41, 5.74) is 1.09. The highest BCUT2D eigenvalue weighted by atomic mass is 19.1. The lowest BCUT2D eigenvalue weighted by atomic mass is 10.2. The van der Waals surface area contributed by atoms with Crippen LogP contribution in [0.2, 0.25) is 0 Å². The summed E-state index contributed by atoms with van der Waals surface area (Å²) < 4.78 is 36.8. The molecule has 3 rings (SSSR count). The molecule has 1 unspecified atom stereocenters. The first-order valence-corrected chi connectivity index (χ1v) is 6.64. The zero-order chi connectivity index (χ0) is 16.2. The second-order valence-electron chi connectivity index (χ2n) is 4.56. The quantitative estimate of drug-likeness (QED) is 0.714. The SMILES string of the molecule is CC(F)c1nnc(-c2ccc(COc3ncncc3F)nc2)o1. The van der Waals surface area contributed by atoms with Crippen molar-refractivity contribution in [2.75, 3.05) is 0 Å². The number of hydrogen-bond donors (Lipinski definition) is 0. The van der Waals surface area contributed by atoms with Crippen molar-refractivity contribution in [1.82, 2.24) is 25.1 Å². The number of pyridine rings is 1. The van der Waals surface area contributed by atoms with E-state index in [-0.39, 0.29) is 24.3 Å². The minimum Gasteiger partial charge on any atom is -0.469 e. The Morgan fingerprint density at radius 1 is 1.22 bits per heavy atom. The van der Waals surface area contributed by atoms with Gasteiger partial charge >= 0.3 is 0 Å². The highest BCUT2D eigenvalue weighted by Gasteiger charge is 2.14. The topological polar surface area (TPSA) is 86.8 Å². The van der Waals surface area contributed by atoms with E-state index in [0.717, 1.165) is 6.20 Å². The van der Waals surface area contributed by atoms with Crippen molar-refractivity contribution >= 4 is 0 Å². The number of halogens is 2. The molecule has 3 aromatic rings. The standard InChI is InChI=1S/C14H11F2N5O2/c1-8(15)12-20-21-13(23-12)9-2-3-10(18-4-9)6-22-14-11(16)5-17-7-19-14/h2-5,7-8H,6H2,1H3. The second kappa shape index (κ2) is 6.42.